The lowest BCUT2D eigenvalue weighted by atomic mass is 10.0. The summed E-state index contributed by atoms with van der Waals surface area (Å²) >= 11 is 3.30. The van der Waals surface area contributed by atoms with Crippen LogP contribution in [-0.2, 0) is 10.0 Å². The molecule has 11 heteroatoms. The summed E-state index contributed by atoms with van der Waals surface area (Å²) < 4.78 is 57.2. The van der Waals surface area contributed by atoms with Crippen LogP contribution in [0.1, 0.15) is 28.9 Å². The normalized spacial score (nSPS) is 12.4. The molecular weight excluding hydrogens is 542 g/mol. The van der Waals surface area contributed by atoms with Crippen molar-refractivity contribution in [2.24, 2.45) is 0 Å². The minimum atomic E-state index is -4.17. The fraction of sp³-hybridized carbons (Fsp3) is 0.125. The van der Waals surface area contributed by atoms with E-state index >= 15 is 0 Å². The van der Waals surface area contributed by atoms with Crippen LogP contribution in [0.5, 0.6) is 0 Å². The van der Waals surface area contributed by atoms with Gasteiger partial charge in [-0.3, -0.25) is 19.5 Å². The quantitative estimate of drug-likeness (QED) is 0.345. The summed E-state index contributed by atoms with van der Waals surface area (Å²) in [5.41, 5.74) is 0.762. The van der Waals surface area contributed by atoms with Crippen LogP contribution < -0.4 is 4.72 Å². The third-order valence-electron chi connectivity index (χ3n) is 5.52. The summed E-state index contributed by atoms with van der Waals surface area (Å²) in [6.07, 6.45) is 2.85. The van der Waals surface area contributed by atoms with Crippen molar-refractivity contribution < 1.29 is 22.0 Å². The Kier molecular flexibility index (Phi) is 6.82. The molecule has 0 bridgehead atoms. The van der Waals surface area contributed by atoms with E-state index in [4.69, 9.17) is 0 Å². The van der Waals surface area contributed by atoms with Gasteiger partial charge >= 0.3 is 0 Å². The molecule has 3 aromatic carbocycles. The molecule has 0 spiro atoms. The predicted octanol–water partition coefficient (Wildman–Crippen LogP) is 5.30. The molecule has 0 fully saturated rings. The summed E-state index contributed by atoms with van der Waals surface area (Å²) in [4.78, 5) is 22.8. The van der Waals surface area contributed by atoms with Crippen molar-refractivity contribution in [2.45, 2.75) is 17.9 Å². The number of fused-ring (bicyclic) bond motifs is 1. The van der Waals surface area contributed by atoms with E-state index in [0.717, 1.165) is 12.1 Å². The topological polar surface area (TPSA) is 92.3 Å². The molecule has 1 heterocycles. The van der Waals surface area contributed by atoms with E-state index in [1.165, 1.54) is 48.6 Å². The maximum atomic E-state index is 14.3. The molecule has 0 saturated heterocycles. The second-order valence-corrected chi connectivity index (χ2v) is 10.3. The molecule has 0 aliphatic heterocycles. The first-order valence-corrected chi connectivity index (χ1v) is 12.6. The van der Waals surface area contributed by atoms with Gasteiger partial charge in [-0.15, -0.1) is 0 Å². The van der Waals surface area contributed by atoms with Crippen LogP contribution in [0.2, 0.25) is 0 Å². The number of hydrogen-bond donors (Lipinski definition) is 1. The first-order chi connectivity index (χ1) is 16.6. The molecule has 0 saturated carbocycles. The Balaban J connectivity index is 1.70. The average Bonchev–Trinajstić information content (AvgIpc) is 2.82. The molecule has 4 rings (SSSR count). The molecule has 35 heavy (non-hydrogen) atoms. The molecule has 180 valence electrons. The Hall–Kier alpha value is -3.44. The summed E-state index contributed by atoms with van der Waals surface area (Å²) in [6.45, 7) is 1.59. The molecule has 0 aliphatic rings. The van der Waals surface area contributed by atoms with Gasteiger partial charge in [0, 0.05) is 35.5 Å². The second kappa shape index (κ2) is 9.67. The van der Waals surface area contributed by atoms with Crippen molar-refractivity contribution in [3.8, 4) is 0 Å². The number of carbonyl (C=O) groups excluding carboxylic acids is 1. The average molecular weight is 561 g/mol. The smallest absolute Gasteiger partial charge is 0.264 e. The molecule has 1 atom stereocenters. The highest BCUT2D eigenvalue weighted by Crippen LogP contribution is 2.30. The monoisotopic (exact) mass is 560 g/mol. The van der Waals surface area contributed by atoms with E-state index in [-0.39, 0.29) is 27.2 Å². The van der Waals surface area contributed by atoms with Crippen molar-refractivity contribution in [3.05, 3.63) is 94.2 Å². The Labute approximate surface area is 209 Å². The van der Waals surface area contributed by atoms with Gasteiger partial charge in [-0.2, -0.15) is 0 Å². The lowest BCUT2D eigenvalue weighted by molar-refractivity contribution is 0.0741. The number of hydrogen-bond acceptors (Lipinski definition) is 5. The van der Waals surface area contributed by atoms with Gasteiger partial charge in [0.05, 0.1) is 22.8 Å². The van der Waals surface area contributed by atoms with Crippen LogP contribution in [0.3, 0.4) is 0 Å². The van der Waals surface area contributed by atoms with Gasteiger partial charge in [-0.05, 0) is 43.3 Å². The van der Waals surface area contributed by atoms with Crippen molar-refractivity contribution in [1.82, 2.24) is 14.9 Å². The zero-order valence-corrected chi connectivity index (χ0v) is 20.9. The number of amides is 1. The zero-order valence-electron chi connectivity index (χ0n) is 18.5. The first-order valence-electron chi connectivity index (χ1n) is 10.3. The van der Waals surface area contributed by atoms with Crippen molar-refractivity contribution in [1.29, 1.82) is 0 Å². The number of sulfonamides is 1. The van der Waals surface area contributed by atoms with E-state index in [9.17, 15) is 22.0 Å². The van der Waals surface area contributed by atoms with Crippen LogP contribution in [0.4, 0.5) is 14.5 Å². The molecule has 7 nitrogen and oxygen atoms in total. The second-order valence-electron chi connectivity index (χ2n) is 7.73. The first kappa shape index (κ1) is 24.7. The summed E-state index contributed by atoms with van der Waals surface area (Å²) in [5, 5.41) is 0. The van der Waals surface area contributed by atoms with Crippen molar-refractivity contribution in [2.75, 3.05) is 11.8 Å². The van der Waals surface area contributed by atoms with E-state index in [0.29, 0.717) is 9.99 Å². The van der Waals surface area contributed by atoms with Crippen molar-refractivity contribution >= 4 is 48.6 Å². The number of anilines is 1. The zero-order chi connectivity index (χ0) is 25.3. The summed E-state index contributed by atoms with van der Waals surface area (Å²) in [5.74, 6) is -2.08. The SMILES string of the molecule is CC(c1ccc(F)cc1F)N(C)C(=O)c1ccc(Br)cc1NS(=O)(=O)c1cccc2nccnc12. The molecule has 1 amide bonds. The third-order valence-corrected chi connectivity index (χ3v) is 7.41. The molecule has 1 aromatic heterocycles. The highest BCUT2D eigenvalue weighted by atomic mass is 79.9. The highest BCUT2D eigenvalue weighted by molar-refractivity contribution is 9.10. The molecular formula is C24H19BrF2N4O3S. The molecule has 0 radical (unpaired) electrons. The van der Waals surface area contributed by atoms with Gasteiger partial charge in [0.1, 0.15) is 22.0 Å². The van der Waals surface area contributed by atoms with E-state index in [1.54, 1.807) is 25.1 Å². The third kappa shape index (κ3) is 5.01. The van der Waals surface area contributed by atoms with E-state index < -0.39 is 33.6 Å². The standard InChI is InChI=1S/C24H19BrF2N4O3S/c1-14(17-9-7-16(26)13-19(17)27)31(2)24(32)18-8-6-15(25)12-21(18)30-35(33,34)22-5-3-4-20-23(22)29-11-10-28-20/h3-14,30H,1-2H3. The minimum Gasteiger partial charge on any atom is -0.335 e. The van der Waals surface area contributed by atoms with Gasteiger partial charge in [0.25, 0.3) is 15.9 Å². The van der Waals surface area contributed by atoms with E-state index in [2.05, 4.69) is 30.6 Å². The van der Waals surface area contributed by atoms with Gasteiger partial charge in [-0.25, -0.2) is 17.2 Å². The summed E-state index contributed by atoms with van der Waals surface area (Å²) in [7, 11) is -2.71. The van der Waals surface area contributed by atoms with Gasteiger partial charge in [0.15, 0.2) is 0 Å². The summed E-state index contributed by atoms with van der Waals surface area (Å²) in [6, 6.07) is 11.4. The molecule has 1 unspecified atom stereocenters. The molecule has 0 aliphatic carbocycles. The number of rotatable bonds is 6. The van der Waals surface area contributed by atoms with E-state index in [1.807, 2.05) is 0 Å². The van der Waals surface area contributed by atoms with Crippen LogP contribution in [0.25, 0.3) is 11.0 Å². The Morgan fingerprint density at radius 2 is 1.80 bits per heavy atom. The molecule has 4 aromatic rings. The number of carbonyl (C=O) groups is 1. The van der Waals surface area contributed by atoms with Crippen molar-refractivity contribution in [3.63, 3.8) is 0 Å². The fourth-order valence-electron chi connectivity index (χ4n) is 3.58. The van der Waals surface area contributed by atoms with Gasteiger partial charge < -0.3 is 4.90 Å². The number of benzene rings is 3. The van der Waals surface area contributed by atoms with Crippen LogP contribution in [0, 0.1) is 11.6 Å². The number of nitrogens with zero attached hydrogens (tertiary/aromatic N) is 3. The van der Waals surface area contributed by atoms with Crippen LogP contribution >= 0.6 is 15.9 Å². The Morgan fingerprint density at radius 1 is 1.06 bits per heavy atom. The Morgan fingerprint density at radius 3 is 2.54 bits per heavy atom. The number of aromatic nitrogens is 2. The van der Waals surface area contributed by atoms with Gasteiger partial charge in [0.2, 0.25) is 0 Å². The maximum Gasteiger partial charge on any atom is 0.264 e. The lowest BCUT2D eigenvalue weighted by Crippen LogP contribution is -2.31. The maximum absolute atomic E-state index is 14.3. The minimum absolute atomic E-state index is 0.0175. The van der Waals surface area contributed by atoms with Gasteiger partial charge in [-0.1, -0.05) is 28.1 Å². The lowest BCUT2D eigenvalue weighted by Gasteiger charge is -2.27. The fourth-order valence-corrected chi connectivity index (χ4v) is 5.18. The number of nitrogens with one attached hydrogen (secondary N) is 1. The largest absolute Gasteiger partial charge is 0.335 e. The predicted molar refractivity (Wildman–Crippen MR) is 131 cm³/mol. The number of para-hydroxylation sites is 1. The highest BCUT2D eigenvalue weighted by Gasteiger charge is 2.26. The number of halogens is 3. The van der Waals surface area contributed by atoms with Crippen LogP contribution in [0.15, 0.2) is 76.4 Å². The Bertz CT molecular complexity index is 1540. The van der Waals surface area contributed by atoms with Crippen LogP contribution in [-0.4, -0.2) is 36.2 Å². The molecule has 1 N–H and O–H groups in total.